The molecule has 0 unspecified atom stereocenters. The van der Waals surface area contributed by atoms with E-state index in [1.807, 2.05) is 24.3 Å². The molecule has 0 aromatic heterocycles. The van der Waals surface area contributed by atoms with Crippen LogP contribution in [0.3, 0.4) is 0 Å². The maximum absolute atomic E-state index is 10.8. The first-order valence-electron chi connectivity index (χ1n) is 4.88. The zero-order valence-electron chi connectivity index (χ0n) is 8.71. The van der Waals surface area contributed by atoms with Crippen LogP contribution < -0.4 is 5.32 Å². The molecule has 88 valence electrons. The highest BCUT2D eigenvalue weighted by atomic mass is 35.5. The number of hydrogen-bond acceptors (Lipinski definition) is 2. The Balaban J connectivity index is 2.17. The molecule has 0 aliphatic carbocycles. The summed E-state index contributed by atoms with van der Waals surface area (Å²) in [4.78, 5) is 10.8. The molecule has 0 aliphatic heterocycles. The van der Waals surface area contributed by atoms with E-state index in [-0.39, 0.29) is 11.8 Å². The molecule has 0 saturated heterocycles. The molecule has 0 atom stereocenters. The molecular formula is C11H13Cl2NO2. The highest BCUT2D eigenvalue weighted by Gasteiger charge is 1.99. The van der Waals surface area contributed by atoms with Gasteiger partial charge in [0.05, 0.1) is 13.2 Å². The topological polar surface area (TPSA) is 38.3 Å². The average molecular weight is 262 g/mol. The normalized spacial score (nSPS) is 10.1. The van der Waals surface area contributed by atoms with Gasteiger partial charge >= 0.3 is 0 Å². The maximum atomic E-state index is 10.8. The lowest BCUT2D eigenvalue weighted by Gasteiger charge is -2.06. The van der Waals surface area contributed by atoms with Gasteiger partial charge in [-0.05, 0) is 11.6 Å². The monoisotopic (exact) mass is 261 g/mol. The van der Waals surface area contributed by atoms with Crippen LogP contribution in [0, 0.1) is 0 Å². The number of alkyl halides is 1. The minimum absolute atomic E-state index is 0.0233. The molecule has 0 aliphatic rings. The molecule has 0 heterocycles. The van der Waals surface area contributed by atoms with E-state index in [0.29, 0.717) is 24.8 Å². The summed E-state index contributed by atoms with van der Waals surface area (Å²) >= 11 is 11.3. The summed E-state index contributed by atoms with van der Waals surface area (Å²) in [5, 5.41) is 3.29. The van der Waals surface area contributed by atoms with E-state index in [2.05, 4.69) is 5.32 Å². The number of benzene rings is 1. The van der Waals surface area contributed by atoms with Crippen LogP contribution in [0.2, 0.25) is 5.02 Å². The molecule has 0 saturated carbocycles. The van der Waals surface area contributed by atoms with Gasteiger partial charge in [-0.1, -0.05) is 29.8 Å². The van der Waals surface area contributed by atoms with Crippen molar-refractivity contribution < 1.29 is 9.53 Å². The molecule has 0 bridgehead atoms. The van der Waals surface area contributed by atoms with Crippen molar-refractivity contribution in [2.45, 2.75) is 6.61 Å². The first-order chi connectivity index (χ1) is 7.74. The van der Waals surface area contributed by atoms with Crippen LogP contribution in [0.1, 0.15) is 5.56 Å². The van der Waals surface area contributed by atoms with Crippen molar-refractivity contribution in [1.29, 1.82) is 0 Å². The van der Waals surface area contributed by atoms with E-state index in [9.17, 15) is 4.79 Å². The Bertz CT molecular complexity index is 345. The highest BCUT2D eigenvalue weighted by Crippen LogP contribution is 2.15. The van der Waals surface area contributed by atoms with Crippen LogP contribution in [-0.4, -0.2) is 24.9 Å². The van der Waals surface area contributed by atoms with Gasteiger partial charge in [0, 0.05) is 11.6 Å². The quantitative estimate of drug-likeness (QED) is 0.630. The Morgan fingerprint density at radius 1 is 1.38 bits per heavy atom. The van der Waals surface area contributed by atoms with Gasteiger partial charge in [-0.2, -0.15) is 0 Å². The summed E-state index contributed by atoms with van der Waals surface area (Å²) in [6.45, 7) is 1.33. The first-order valence-corrected chi connectivity index (χ1v) is 5.79. The van der Waals surface area contributed by atoms with Crippen molar-refractivity contribution in [1.82, 2.24) is 5.32 Å². The number of hydrogen-bond donors (Lipinski definition) is 1. The lowest BCUT2D eigenvalue weighted by molar-refractivity contribution is -0.118. The second-order valence-corrected chi connectivity index (χ2v) is 3.80. The summed E-state index contributed by atoms with van der Waals surface area (Å²) in [6, 6.07) is 7.49. The van der Waals surface area contributed by atoms with Gasteiger partial charge in [-0.25, -0.2) is 0 Å². The number of amides is 1. The highest BCUT2D eigenvalue weighted by molar-refractivity contribution is 6.31. The lowest BCUT2D eigenvalue weighted by atomic mass is 10.2. The minimum Gasteiger partial charge on any atom is -0.375 e. The number of carbonyl (C=O) groups is 1. The molecule has 1 amide bonds. The van der Waals surface area contributed by atoms with Crippen molar-refractivity contribution >= 4 is 29.1 Å². The molecule has 1 aromatic rings. The Morgan fingerprint density at radius 2 is 2.12 bits per heavy atom. The Morgan fingerprint density at radius 3 is 2.81 bits per heavy atom. The maximum Gasteiger partial charge on any atom is 0.235 e. The third kappa shape index (κ3) is 4.84. The molecule has 3 nitrogen and oxygen atoms in total. The molecule has 0 spiro atoms. The molecule has 5 heteroatoms. The fraction of sp³-hybridized carbons (Fsp3) is 0.364. The number of nitrogens with one attached hydrogen (secondary N) is 1. The standard InChI is InChI=1S/C11H13Cl2NO2/c12-7-11(15)14-5-6-16-8-9-3-1-2-4-10(9)13/h1-4H,5-8H2,(H,14,15). The van der Waals surface area contributed by atoms with Gasteiger partial charge in [-0.15, -0.1) is 11.6 Å². The molecule has 0 fully saturated rings. The summed E-state index contributed by atoms with van der Waals surface area (Å²) in [6.07, 6.45) is 0. The van der Waals surface area contributed by atoms with Gasteiger partial charge in [0.15, 0.2) is 0 Å². The first kappa shape index (κ1) is 13.3. The van der Waals surface area contributed by atoms with Gasteiger partial charge in [0.1, 0.15) is 5.88 Å². The molecule has 1 N–H and O–H groups in total. The second kappa shape index (κ2) is 7.49. The van der Waals surface area contributed by atoms with Crippen LogP contribution in [0.5, 0.6) is 0 Å². The number of halogens is 2. The van der Waals surface area contributed by atoms with E-state index in [1.54, 1.807) is 0 Å². The van der Waals surface area contributed by atoms with E-state index in [1.165, 1.54) is 0 Å². The van der Waals surface area contributed by atoms with E-state index >= 15 is 0 Å². The van der Waals surface area contributed by atoms with Crippen molar-refractivity contribution in [2.24, 2.45) is 0 Å². The number of carbonyl (C=O) groups excluding carboxylic acids is 1. The molecule has 16 heavy (non-hydrogen) atoms. The van der Waals surface area contributed by atoms with Crippen LogP contribution in [0.15, 0.2) is 24.3 Å². The summed E-state index contributed by atoms with van der Waals surface area (Å²) in [5.41, 5.74) is 0.938. The molecule has 1 rings (SSSR count). The Kier molecular flexibility index (Phi) is 6.23. The van der Waals surface area contributed by atoms with Gasteiger partial charge in [-0.3, -0.25) is 4.79 Å². The molecule has 0 radical (unpaired) electrons. The van der Waals surface area contributed by atoms with Crippen LogP contribution >= 0.6 is 23.2 Å². The van der Waals surface area contributed by atoms with E-state index in [4.69, 9.17) is 27.9 Å². The number of ether oxygens (including phenoxy) is 1. The van der Waals surface area contributed by atoms with Gasteiger partial charge in [0.2, 0.25) is 5.91 Å². The summed E-state index contributed by atoms with van der Waals surface area (Å²) in [7, 11) is 0. The average Bonchev–Trinajstić information content (AvgIpc) is 2.30. The molecular weight excluding hydrogens is 249 g/mol. The van der Waals surface area contributed by atoms with Gasteiger partial charge < -0.3 is 10.1 Å². The lowest BCUT2D eigenvalue weighted by Crippen LogP contribution is -2.28. The summed E-state index contributed by atoms with van der Waals surface area (Å²) in [5.74, 6) is -0.215. The zero-order chi connectivity index (χ0) is 11.8. The Hall–Kier alpha value is -0.770. The van der Waals surface area contributed by atoms with Crippen LogP contribution in [0.25, 0.3) is 0 Å². The third-order valence-corrected chi connectivity index (χ3v) is 2.52. The molecule has 1 aromatic carbocycles. The Labute approximate surface area is 105 Å². The predicted octanol–water partition coefficient (Wildman–Crippen LogP) is 2.21. The van der Waals surface area contributed by atoms with Crippen molar-refractivity contribution in [3.05, 3.63) is 34.9 Å². The van der Waals surface area contributed by atoms with Crippen molar-refractivity contribution in [2.75, 3.05) is 19.0 Å². The SMILES string of the molecule is O=C(CCl)NCCOCc1ccccc1Cl. The minimum atomic E-state index is -0.192. The van der Waals surface area contributed by atoms with Gasteiger partial charge in [0.25, 0.3) is 0 Å². The smallest absolute Gasteiger partial charge is 0.235 e. The van der Waals surface area contributed by atoms with Crippen LogP contribution in [0.4, 0.5) is 0 Å². The second-order valence-electron chi connectivity index (χ2n) is 3.13. The fourth-order valence-electron chi connectivity index (χ4n) is 1.11. The largest absolute Gasteiger partial charge is 0.375 e. The third-order valence-electron chi connectivity index (χ3n) is 1.91. The van der Waals surface area contributed by atoms with Crippen molar-refractivity contribution in [3.8, 4) is 0 Å². The fourth-order valence-corrected chi connectivity index (χ4v) is 1.39. The van der Waals surface area contributed by atoms with Crippen molar-refractivity contribution in [3.63, 3.8) is 0 Å². The predicted molar refractivity (Wildman–Crippen MR) is 64.8 cm³/mol. The zero-order valence-corrected chi connectivity index (χ0v) is 10.2. The number of rotatable bonds is 6. The summed E-state index contributed by atoms with van der Waals surface area (Å²) < 4.78 is 5.35. The van der Waals surface area contributed by atoms with E-state index in [0.717, 1.165) is 5.56 Å². The van der Waals surface area contributed by atoms with E-state index < -0.39 is 0 Å². The van der Waals surface area contributed by atoms with Crippen LogP contribution in [-0.2, 0) is 16.1 Å².